The summed E-state index contributed by atoms with van der Waals surface area (Å²) in [6, 6.07) is -0.483. The van der Waals surface area contributed by atoms with Crippen LogP contribution in [0.25, 0.3) is 0 Å². The summed E-state index contributed by atoms with van der Waals surface area (Å²) in [6.45, 7) is 1.79. The number of hydrogen-bond acceptors (Lipinski definition) is 4. The Labute approximate surface area is 126 Å². The van der Waals surface area contributed by atoms with Crippen LogP contribution in [0.3, 0.4) is 0 Å². The van der Waals surface area contributed by atoms with Crippen LogP contribution in [0.4, 0.5) is 0 Å². The number of sulfone groups is 1. The van der Waals surface area contributed by atoms with Crippen molar-refractivity contribution in [2.75, 3.05) is 18.1 Å². The maximum absolute atomic E-state index is 12.3. The van der Waals surface area contributed by atoms with Crippen molar-refractivity contribution >= 4 is 21.7 Å². The zero-order valence-corrected chi connectivity index (χ0v) is 13.2. The van der Waals surface area contributed by atoms with E-state index in [1.54, 1.807) is 0 Å². The molecule has 1 aliphatic heterocycles. The van der Waals surface area contributed by atoms with Crippen molar-refractivity contribution in [1.29, 1.82) is 0 Å². The smallest absolute Gasteiger partial charge is 0.242 e. The minimum Gasteiger partial charge on any atom is -0.354 e. The van der Waals surface area contributed by atoms with Crippen LogP contribution in [0, 0.1) is 11.8 Å². The van der Waals surface area contributed by atoms with Crippen molar-refractivity contribution in [1.82, 2.24) is 10.6 Å². The first-order valence-electron chi connectivity index (χ1n) is 7.62. The number of carbonyl (C=O) groups is 2. The molecule has 2 atom stereocenters. The zero-order valence-electron chi connectivity index (χ0n) is 12.4. The van der Waals surface area contributed by atoms with Crippen LogP contribution in [0.1, 0.15) is 39.0 Å². The van der Waals surface area contributed by atoms with Gasteiger partial charge in [0.05, 0.1) is 11.5 Å². The third kappa shape index (κ3) is 4.69. The molecule has 21 heavy (non-hydrogen) atoms. The molecule has 6 nitrogen and oxygen atoms in total. The van der Waals surface area contributed by atoms with Gasteiger partial charge in [-0.05, 0) is 31.1 Å². The fraction of sp³-hybridized carbons (Fsp3) is 0.857. The molecule has 1 heterocycles. The van der Waals surface area contributed by atoms with Crippen molar-refractivity contribution in [2.24, 2.45) is 11.8 Å². The Kier molecular flexibility index (Phi) is 5.24. The van der Waals surface area contributed by atoms with Crippen molar-refractivity contribution in [3.05, 3.63) is 0 Å². The van der Waals surface area contributed by atoms with E-state index in [0.717, 1.165) is 25.7 Å². The van der Waals surface area contributed by atoms with Gasteiger partial charge in [0.15, 0.2) is 9.84 Å². The van der Waals surface area contributed by atoms with Gasteiger partial charge in [0.25, 0.3) is 0 Å². The summed E-state index contributed by atoms with van der Waals surface area (Å²) in [4.78, 5) is 23.6. The fourth-order valence-corrected chi connectivity index (χ4v) is 5.16. The van der Waals surface area contributed by atoms with Gasteiger partial charge in [-0.2, -0.15) is 0 Å². The van der Waals surface area contributed by atoms with E-state index in [9.17, 15) is 18.0 Å². The molecule has 0 radical (unpaired) electrons. The van der Waals surface area contributed by atoms with Gasteiger partial charge in [0, 0.05) is 13.5 Å². The van der Waals surface area contributed by atoms with Gasteiger partial charge in [-0.3, -0.25) is 9.59 Å². The quantitative estimate of drug-likeness (QED) is 0.759. The van der Waals surface area contributed by atoms with Crippen molar-refractivity contribution < 1.29 is 18.0 Å². The summed E-state index contributed by atoms with van der Waals surface area (Å²) >= 11 is 0. The number of carbonyl (C=O) groups excluding carboxylic acids is 2. The normalized spacial score (nSPS) is 26.4. The predicted octanol–water partition coefficient (Wildman–Crippen LogP) is 0.232. The lowest BCUT2D eigenvalue weighted by molar-refractivity contribution is -0.129. The molecule has 1 saturated carbocycles. The molecular formula is C14H24N2O4S. The maximum Gasteiger partial charge on any atom is 0.242 e. The van der Waals surface area contributed by atoms with Gasteiger partial charge in [-0.15, -0.1) is 0 Å². The highest BCUT2D eigenvalue weighted by Crippen LogP contribution is 2.28. The molecule has 1 aliphatic carbocycles. The van der Waals surface area contributed by atoms with E-state index in [-0.39, 0.29) is 35.2 Å². The molecule has 7 heteroatoms. The van der Waals surface area contributed by atoms with Crippen molar-refractivity contribution in [3.8, 4) is 0 Å². The summed E-state index contributed by atoms with van der Waals surface area (Å²) in [7, 11) is -2.92. The van der Waals surface area contributed by atoms with Gasteiger partial charge in [0.2, 0.25) is 11.8 Å². The van der Waals surface area contributed by atoms with E-state index >= 15 is 0 Å². The van der Waals surface area contributed by atoms with Crippen LogP contribution < -0.4 is 10.6 Å². The average Bonchev–Trinajstić information content (AvgIpc) is 3.02. The molecule has 0 bridgehead atoms. The molecule has 0 spiro atoms. The van der Waals surface area contributed by atoms with Crippen LogP contribution >= 0.6 is 0 Å². The Hall–Kier alpha value is -1.11. The Morgan fingerprint density at radius 2 is 1.86 bits per heavy atom. The second-order valence-corrected chi connectivity index (χ2v) is 8.47. The van der Waals surface area contributed by atoms with E-state index in [2.05, 4.69) is 10.6 Å². The summed E-state index contributed by atoms with van der Waals surface area (Å²) < 4.78 is 22.8. The molecule has 2 fully saturated rings. The lowest BCUT2D eigenvalue weighted by atomic mass is 9.97. The lowest BCUT2D eigenvalue weighted by Gasteiger charge is -2.24. The lowest BCUT2D eigenvalue weighted by Crippen LogP contribution is -2.50. The number of rotatable bonds is 5. The summed E-state index contributed by atoms with van der Waals surface area (Å²) in [5.41, 5.74) is 0. The third-order valence-electron chi connectivity index (χ3n) is 4.40. The molecule has 2 amide bonds. The summed E-state index contributed by atoms with van der Waals surface area (Å²) in [6.07, 6.45) is 4.70. The van der Waals surface area contributed by atoms with Gasteiger partial charge < -0.3 is 10.6 Å². The highest BCUT2D eigenvalue weighted by atomic mass is 32.2. The van der Waals surface area contributed by atoms with Crippen molar-refractivity contribution in [3.63, 3.8) is 0 Å². The number of nitrogens with one attached hydrogen (secondary N) is 2. The molecule has 1 saturated heterocycles. The number of amides is 2. The first-order valence-corrected chi connectivity index (χ1v) is 9.45. The van der Waals surface area contributed by atoms with E-state index in [4.69, 9.17) is 0 Å². The van der Waals surface area contributed by atoms with Gasteiger partial charge in [-0.1, -0.05) is 12.8 Å². The Morgan fingerprint density at radius 3 is 2.38 bits per heavy atom. The third-order valence-corrected chi connectivity index (χ3v) is 6.24. The van der Waals surface area contributed by atoms with E-state index in [1.807, 2.05) is 0 Å². The van der Waals surface area contributed by atoms with Crippen molar-refractivity contribution in [2.45, 2.75) is 45.1 Å². The first kappa shape index (κ1) is 16.3. The van der Waals surface area contributed by atoms with Crippen LogP contribution in [0.5, 0.6) is 0 Å². The summed E-state index contributed by atoms with van der Waals surface area (Å²) in [5.74, 6) is 0.181. The Balaban J connectivity index is 1.87. The van der Waals surface area contributed by atoms with E-state index in [0.29, 0.717) is 13.0 Å². The first-order chi connectivity index (χ1) is 9.87. The molecule has 2 unspecified atom stereocenters. The van der Waals surface area contributed by atoms with E-state index < -0.39 is 15.9 Å². The Morgan fingerprint density at radius 1 is 1.19 bits per heavy atom. The van der Waals surface area contributed by atoms with Crippen LogP contribution in [-0.2, 0) is 19.4 Å². The van der Waals surface area contributed by atoms with Gasteiger partial charge in [0.1, 0.15) is 6.04 Å². The summed E-state index contributed by atoms with van der Waals surface area (Å²) in [5, 5.41) is 5.57. The molecular weight excluding hydrogens is 292 g/mol. The SMILES string of the molecule is CC(=O)NC(C(=O)NCC1CCS(=O)(=O)C1)C1CCCC1. The number of hydrogen-bond donors (Lipinski definition) is 2. The van der Waals surface area contributed by atoms with Gasteiger partial charge >= 0.3 is 0 Å². The second-order valence-electron chi connectivity index (χ2n) is 6.24. The fourth-order valence-electron chi connectivity index (χ4n) is 3.30. The maximum atomic E-state index is 12.3. The topological polar surface area (TPSA) is 92.3 Å². The highest BCUT2D eigenvalue weighted by molar-refractivity contribution is 7.91. The largest absolute Gasteiger partial charge is 0.354 e. The monoisotopic (exact) mass is 316 g/mol. The van der Waals surface area contributed by atoms with Crippen LogP contribution in [0.15, 0.2) is 0 Å². The minimum absolute atomic E-state index is 0.000469. The van der Waals surface area contributed by atoms with Gasteiger partial charge in [-0.25, -0.2) is 8.42 Å². The second kappa shape index (κ2) is 6.77. The van der Waals surface area contributed by atoms with E-state index in [1.165, 1.54) is 6.92 Å². The predicted molar refractivity (Wildman–Crippen MR) is 79.3 cm³/mol. The zero-order chi connectivity index (χ0) is 15.5. The van der Waals surface area contributed by atoms with Crippen LogP contribution in [0.2, 0.25) is 0 Å². The minimum atomic E-state index is -2.92. The molecule has 2 aliphatic rings. The molecule has 0 aromatic heterocycles. The Bertz CT molecular complexity index is 497. The highest BCUT2D eigenvalue weighted by Gasteiger charge is 2.33. The van der Waals surface area contributed by atoms with Crippen LogP contribution in [-0.4, -0.2) is 44.3 Å². The molecule has 2 N–H and O–H groups in total. The molecule has 2 rings (SSSR count). The molecule has 0 aromatic rings. The molecule has 120 valence electrons. The standard InChI is InChI=1S/C14H24N2O4S/c1-10(17)16-13(12-4-2-3-5-12)14(18)15-8-11-6-7-21(19,20)9-11/h11-13H,2-9H2,1H3,(H,15,18)(H,16,17). The average molecular weight is 316 g/mol. The molecule has 0 aromatic carbocycles.